The predicted octanol–water partition coefficient (Wildman–Crippen LogP) is 1.04. The molecule has 0 aliphatic heterocycles. The van der Waals surface area contributed by atoms with Crippen molar-refractivity contribution in [2.75, 3.05) is 0 Å². The minimum Gasteiger partial charge on any atom is -0.592 e. The number of hydrogen-bond donors (Lipinski definition) is 1. The zero-order chi connectivity index (χ0) is 6.85. The summed E-state index contributed by atoms with van der Waals surface area (Å²) in [4.78, 5) is 1.14. The number of nitrogens with two attached hydrogens (primary N) is 1. The highest BCUT2D eigenvalue weighted by Crippen LogP contribution is 2.18. The molecule has 0 fully saturated rings. The zero-order valence-corrected chi connectivity index (χ0v) is 6.59. The van der Waals surface area contributed by atoms with E-state index >= 15 is 0 Å². The minimum absolute atomic E-state index is 0.743. The van der Waals surface area contributed by atoms with Crippen LogP contribution in [0.25, 0.3) is 0 Å². The maximum Gasteiger partial charge on any atom is 0.227 e. The second-order valence-electron chi connectivity index (χ2n) is 1.66. The van der Waals surface area contributed by atoms with Crippen molar-refractivity contribution in [3.8, 4) is 0 Å². The summed E-state index contributed by atoms with van der Waals surface area (Å²) in [5.41, 5.74) is 0. The molecule has 1 unspecified atom stereocenters. The van der Waals surface area contributed by atoms with E-state index in [-0.39, 0.29) is 0 Å². The van der Waals surface area contributed by atoms with Gasteiger partial charge in [0.15, 0.2) is 0 Å². The van der Waals surface area contributed by atoms with Crippen LogP contribution in [0.4, 0.5) is 0 Å². The molecule has 0 saturated carbocycles. The smallest absolute Gasteiger partial charge is 0.227 e. The van der Waals surface area contributed by atoms with Crippen LogP contribution in [0.5, 0.6) is 0 Å². The fourth-order valence-corrected chi connectivity index (χ4v) is 2.03. The third kappa shape index (κ3) is 1.69. The summed E-state index contributed by atoms with van der Waals surface area (Å²) in [6.07, 6.45) is 0. The maximum absolute atomic E-state index is 10.6. The summed E-state index contributed by atoms with van der Waals surface area (Å²) in [5.74, 6) is 0. The standard InChI is InChI=1S/C5H7NOS2/c1-4-2-3-5(8-4)9(6)7/h2-3H,6H2,1H3. The van der Waals surface area contributed by atoms with E-state index in [2.05, 4.69) is 0 Å². The normalized spacial score (nSPS) is 13.7. The van der Waals surface area contributed by atoms with Crippen molar-refractivity contribution in [3.05, 3.63) is 17.0 Å². The molecular weight excluding hydrogens is 154 g/mol. The SMILES string of the molecule is Cc1ccc([S+](N)[O-])s1. The molecule has 2 N–H and O–H groups in total. The van der Waals surface area contributed by atoms with Gasteiger partial charge in [-0.05, 0) is 13.0 Å². The van der Waals surface area contributed by atoms with Gasteiger partial charge in [-0.2, -0.15) is 0 Å². The van der Waals surface area contributed by atoms with Gasteiger partial charge < -0.3 is 4.55 Å². The van der Waals surface area contributed by atoms with Crippen LogP contribution < -0.4 is 5.14 Å². The van der Waals surface area contributed by atoms with Crippen LogP contribution in [0.2, 0.25) is 0 Å². The zero-order valence-electron chi connectivity index (χ0n) is 4.96. The highest BCUT2D eigenvalue weighted by molar-refractivity contribution is 7.91. The van der Waals surface area contributed by atoms with Crippen LogP contribution in [0.3, 0.4) is 0 Å². The van der Waals surface area contributed by atoms with E-state index in [9.17, 15) is 4.55 Å². The lowest BCUT2D eigenvalue weighted by atomic mass is 10.5. The average molecular weight is 161 g/mol. The molecule has 1 aromatic rings. The van der Waals surface area contributed by atoms with Gasteiger partial charge in [-0.25, -0.2) is 0 Å². The van der Waals surface area contributed by atoms with Gasteiger partial charge in [0.1, 0.15) is 0 Å². The van der Waals surface area contributed by atoms with Gasteiger partial charge in [0.25, 0.3) is 0 Å². The van der Waals surface area contributed by atoms with Gasteiger partial charge in [0.2, 0.25) is 4.21 Å². The van der Waals surface area contributed by atoms with Gasteiger partial charge in [-0.15, -0.1) is 5.14 Å². The summed E-state index contributed by atoms with van der Waals surface area (Å²) >= 11 is 0.181. The Balaban J connectivity index is 2.85. The Morgan fingerprint density at radius 2 is 2.33 bits per heavy atom. The lowest BCUT2D eigenvalue weighted by Crippen LogP contribution is -2.09. The Kier molecular flexibility index (Phi) is 2.13. The van der Waals surface area contributed by atoms with E-state index in [1.807, 2.05) is 13.0 Å². The van der Waals surface area contributed by atoms with Crippen molar-refractivity contribution in [1.82, 2.24) is 0 Å². The summed E-state index contributed by atoms with van der Waals surface area (Å²) in [6.45, 7) is 1.96. The molecule has 0 amide bonds. The number of aryl methyl sites for hydroxylation is 1. The molecule has 4 heteroatoms. The molecular formula is C5H7NOS2. The topological polar surface area (TPSA) is 49.1 Å². The highest BCUT2D eigenvalue weighted by atomic mass is 32.2. The van der Waals surface area contributed by atoms with Crippen LogP contribution in [0.1, 0.15) is 4.88 Å². The van der Waals surface area contributed by atoms with Gasteiger partial charge in [0, 0.05) is 10.9 Å². The maximum atomic E-state index is 10.6. The second kappa shape index (κ2) is 2.70. The van der Waals surface area contributed by atoms with E-state index in [4.69, 9.17) is 5.14 Å². The van der Waals surface area contributed by atoms with E-state index < -0.39 is 11.4 Å². The average Bonchev–Trinajstić information content (AvgIpc) is 2.14. The first-order valence-corrected chi connectivity index (χ1v) is 4.45. The number of thiophene rings is 1. The van der Waals surface area contributed by atoms with Gasteiger partial charge in [-0.3, -0.25) is 0 Å². The summed E-state index contributed by atoms with van der Waals surface area (Å²) in [6, 6.07) is 3.70. The molecule has 0 saturated heterocycles. The molecule has 50 valence electrons. The van der Waals surface area contributed by atoms with Crippen molar-refractivity contribution >= 4 is 22.7 Å². The van der Waals surface area contributed by atoms with Crippen molar-refractivity contribution < 1.29 is 4.55 Å². The van der Waals surface area contributed by atoms with Crippen molar-refractivity contribution in [2.24, 2.45) is 5.14 Å². The van der Waals surface area contributed by atoms with Gasteiger partial charge in [-0.1, -0.05) is 11.3 Å². The van der Waals surface area contributed by atoms with Crippen LogP contribution >= 0.6 is 11.3 Å². The van der Waals surface area contributed by atoms with Crippen LogP contribution in [-0.2, 0) is 11.4 Å². The molecule has 0 spiro atoms. The monoisotopic (exact) mass is 161 g/mol. The molecule has 1 heterocycles. The molecule has 9 heavy (non-hydrogen) atoms. The van der Waals surface area contributed by atoms with E-state index in [0.29, 0.717) is 0 Å². The molecule has 0 bridgehead atoms. The number of rotatable bonds is 1. The molecule has 0 aliphatic rings. The first kappa shape index (κ1) is 7.08. The molecule has 0 aromatic carbocycles. The Morgan fingerprint density at radius 1 is 1.67 bits per heavy atom. The van der Waals surface area contributed by atoms with E-state index in [1.54, 1.807) is 6.07 Å². The largest absolute Gasteiger partial charge is 0.592 e. The fourth-order valence-electron chi connectivity index (χ4n) is 0.520. The minimum atomic E-state index is -1.29. The van der Waals surface area contributed by atoms with Crippen molar-refractivity contribution in [1.29, 1.82) is 0 Å². The molecule has 1 rings (SSSR count). The van der Waals surface area contributed by atoms with Crippen LogP contribution in [0, 0.1) is 6.92 Å². The quantitative estimate of drug-likeness (QED) is 0.625. The molecule has 1 aromatic heterocycles. The molecule has 1 atom stereocenters. The van der Waals surface area contributed by atoms with E-state index in [0.717, 1.165) is 9.09 Å². The summed E-state index contributed by atoms with van der Waals surface area (Å²) in [5, 5.41) is 5.11. The second-order valence-corrected chi connectivity index (χ2v) is 4.24. The lowest BCUT2D eigenvalue weighted by Gasteiger charge is -1.95. The molecule has 2 nitrogen and oxygen atoms in total. The van der Waals surface area contributed by atoms with Crippen molar-refractivity contribution in [2.45, 2.75) is 11.1 Å². The Morgan fingerprint density at radius 3 is 2.56 bits per heavy atom. The van der Waals surface area contributed by atoms with E-state index in [1.165, 1.54) is 11.3 Å². The number of hydrogen-bond acceptors (Lipinski definition) is 3. The lowest BCUT2D eigenvalue weighted by molar-refractivity contribution is 0.598. The Labute approximate surface area is 61.0 Å². The third-order valence-corrected chi connectivity index (χ3v) is 2.98. The third-order valence-electron chi connectivity index (χ3n) is 0.914. The Hall–Kier alpha value is -0.0300. The summed E-state index contributed by atoms with van der Waals surface area (Å²) < 4.78 is 11.3. The van der Waals surface area contributed by atoms with Crippen molar-refractivity contribution in [3.63, 3.8) is 0 Å². The summed E-state index contributed by atoms with van der Waals surface area (Å²) in [7, 11) is 0. The Bertz CT molecular complexity index is 197. The first-order valence-electron chi connectivity index (χ1n) is 2.43. The van der Waals surface area contributed by atoms with Gasteiger partial charge >= 0.3 is 0 Å². The molecule has 0 aliphatic carbocycles. The fraction of sp³-hybridized carbons (Fsp3) is 0.200. The predicted molar refractivity (Wildman–Crippen MR) is 39.7 cm³/mol. The highest BCUT2D eigenvalue weighted by Gasteiger charge is 2.06. The molecule has 0 radical (unpaired) electrons. The van der Waals surface area contributed by atoms with Gasteiger partial charge in [0.05, 0.1) is 11.4 Å². The van der Waals surface area contributed by atoms with Crippen LogP contribution in [-0.4, -0.2) is 4.55 Å². The first-order chi connectivity index (χ1) is 4.20. The van der Waals surface area contributed by atoms with Crippen LogP contribution in [0.15, 0.2) is 16.3 Å².